The second kappa shape index (κ2) is 14.9. The Kier molecular flexibility index (Phi) is 10.7. The first kappa shape index (κ1) is 34.4. The molecule has 252 valence electrons. The van der Waals surface area contributed by atoms with Gasteiger partial charge in [-0.05, 0) is 66.9 Å². The Balaban J connectivity index is 1.32. The summed E-state index contributed by atoms with van der Waals surface area (Å²) in [4.78, 5) is 41.5. The van der Waals surface area contributed by atoms with Gasteiger partial charge in [0.2, 0.25) is 5.91 Å². The maximum absolute atomic E-state index is 14.0. The highest BCUT2D eigenvalue weighted by atomic mass is 32.2. The van der Waals surface area contributed by atoms with Crippen molar-refractivity contribution < 1.29 is 36.5 Å². The standard InChI is InChI=1S/C36H39N3O8S/c1-36(2,3)46-34(41)32-23-37-19-20-39(32)33(40)31(38-35(42)45-24-26-9-5-4-6-10-26)21-25-13-16-29(17-14-25)47-48(43,44)30-18-15-27-11-7-8-12-28(27)22-30/h4-18,22,31-32,37H,19-21,23-24H2,1-3H3,(H,38,42)/t31-,32?/m0/s1. The van der Waals surface area contributed by atoms with Crippen LogP contribution in [0.1, 0.15) is 31.9 Å². The summed E-state index contributed by atoms with van der Waals surface area (Å²) < 4.78 is 42.5. The largest absolute Gasteiger partial charge is 0.458 e. The zero-order chi connectivity index (χ0) is 34.3. The van der Waals surface area contributed by atoms with Gasteiger partial charge in [-0.25, -0.2) is 9.59 Å². The first-order valence-corrected chi connectivity index (χ1v) is 17.0. The second-order valence-corrected chi connectivity index (χ2v) is 14.0. The fraction of sp³-hybridized carbons (Fsp3) is 0.306. The van der Waals surface area contributed by atoms with Crippen molar-refractivity contribution in [1.29, 1.82) is 0 Å². The molecular weight excluding hydrogens is 634 g/mol. The predicted octanol–water partition coefficient (Wildman–Crippen LogP) is 4.59. The monoisotopic (exact) mass is 673 g/mol. The number of rotatable bonds is 10. The highest BCUT2D eigenvalue weighted by Gasteiger charge is 2.38. The third-order valence-corrected chi connectivity index (χ3v) is 8.83. The van der Waals surface area contributed by atoms with Crippen LogP contribution < -0.4 is 14.8 Å². The minimum Gasteiger partial charge on any atom is -0.458 e. The maximum Gasteiger partial charge on any atom is 0.408 e. The van der Waals surface area contributed by atoms with E-state index in [9.17, 15) is 22.8 Å². The van der Waals surface area contributed by atoms with E-state index in [2.05, 4.69) is 10.6 Å². The quantitative estimate of drug-likeness (QED) is 0.183. The Morgan fingerprint density at radius 3 is 2.29 bits per heavy atom. The zero-order valence-corrected chi connectivity index (χ0v) is 27.9. The molecule has 48 heavy (non-hydrogen) atoms. The van der Waals surface area contributed by atoms with Gasteiger partial charge in [0.05, 0.1) is 0 Å². The van der Waals surface area contributed by atoms with Crippen molar-refractivity contribution in [2.75, 3.05) is 19.6 Å². The summed E-state index contributed by atoms with van der Waals surface area (Å²) in [5.41, 5.74) is 0.626. The lowest BCUT2D eigenvalue weighted by Gasteiger charge is -2.38. The van der Waals surface area contributed by atoms with Gasteiger partial charge in [-0.1, -0.05) is 72.8 Å². The number of nitrogens with one attached hydrogen (secondary N) is 2. The van der Waals surface area contributed by atoms with Crippen LogP contribution in [0.3, 0.4) is 0 Å². The smallest absolute Gasteiger partial charge is 0.408 e. The van der Waals surface area contributed by atoms with Crippen molar-refractivity contribution >= 4 is 38.9 Å². The molecule has 2 atom stereocenters. The van der Waals surface area contributed by atoms with Gasteiger partial charge in [-0.2, -0.15) is 8.42 Å². The van der Waals surface area contributed by atoms with Gasteiger partial charge in [0, 0.05) is 26.1 Å². The minimum absolute atomic E-state index is 0.000526. The van der Waals surface area contributed by atoms with Crippen LogP contribution in [0.4, 0.5) is 4.79 Å². The lowest BCUT2D eigenvalue weighted by atomic mass is 10.0. The summed E-state index contributed by atoms with van der Waals surface area (Å²) >= 11 is 0. The van der Waals surface area contributed by atoms with Gasteiger partial charge < -0.3 is 29.2 Å². The molecule has 2 amide bonds. The summed E-state index contributed by atoms with van der Waals surface area (Å²) in [5, 5.41) is 7.48. The number of hydrogen-bond donors (Lipinski definition) is 2. The SMILES string of the molecule is CC(C)(C)OC(=O)C1CNCCN1C(=O)[C@H](Cc1ccc(OS(=O)(=O)c2ccc3ccccc3c2)cc1)NC(=O)OCc1ccccc1. The highest BCUT2D eigenvalue weighted by molar-refractivity contribution is 7.87. The van der Waals surface area contributed by atoms with Crippen molar-refractivity contribution in [3.05, 3.63) is 108 Å². The summed E-state index contributed by atoms with van der Waals surface area (Å²) in [6.07, 6.45) is -0.773. The molecule has 4 aromatic rings. The van der Waals surface area contributed by atoms with Crippen molar-refractivity contribution in [2.45, 2.75) is 56.4 Å². The van der Waals surface area contributed by atoms with Crippen LogP contribution in [0.15, 0.2) is 102 Å². The Bertz CT molecular complexity index is 1860. The third-order valence-electron chi connectivity index (χ3n) is 7.59. The molecule has 0 saturated carbocycles. The van der Waals surface area contributed by atoms with E-state index in [4.69, 9.17) is 13.7 Å². The van der Waals surface area contributed by atoms with E-state index in [1.165, 1.54) is 23.1 Å². The summed E-state index contributed by atoms with van der Waals surface area (Å²) in [5.74, 6) is -0.956. The molecule has 0 radical (unpaired) electrons. The number of alkyl carbamates (subject to hydrolysis) is 1. The van der Waals surface area contributed by atoms with Crippen LogP contribution in [0, 0.1) is 0 Å². The van der Waals surface area contributed by atoms with Gasteiger partial charge in [0.25, 0.3) is 0 Å². The molecule has 1 heterocycles. The third kappa shape index (κ3) is 9.11. The van der Waals surface area contributed by atoms with Gasteiger partial charge in [0.15, 0.2) is 0 Å². The van der Waals surface area contributed by atoms with E-state index in [-0.39, 0.29) is 36.8 Å². The number of esters is 1. The first-order chi connectivity index (χ1) is 22.9. The van der Waals surface area contributed by atoms with E-state index >= 15 is 0 Å². The number of nitrogens with zero attached hydrogens (tertiary/aromatic N) is 1. The number of ether oxygens (including phenoxy) is 2. The molecule has 0 aliphatic carbocycles. The molecule has 1 aliphatic rings. The molecule has 1 unspecified atom stereocenters. The first-order valence-electron chi connectivity index (χ1n) is 15.6. The van der Waals surface area contributed by atoms with E-state index in [0.29, 0.717) is 12.1 Å². The van der Waals surface area contributed by atoms with Gasteiger partial charge >= 0.3 is 22.2 Å². The molecule has 1 fully saturated rings. The fourth-order valence-corrected chi connectivity index (χ4v) is 6.24. The van der Waals surface area contributed by atoms with Crippen molar-refractivity contribution in [2.24, 2.45) is 0 Å². The van der Waals surface area contributed by atoms with E-state index in [1.54, 1.807) is 45.0 Å². The second-order valence-electron chi connectivity index (χ2n) is 12.4. The minimum atomic E-state index is -4.13. The van der Waals surface area contributed by atoms with Crippen molar-refractivity contribution in [3.63, 3.8) is 0 Å². The van der Waals surface area contributed by atoms with Gasteiger partial charge in [-0.15, -0.1) is 0 Å². The molecule has 2 N–H and O–H groups in total. The van der Waals surface area contributed by atoms with Crippen LogP contribution in [0.2, 0.25) is 0 Å². The van der Waals surface area contributed by atoms with Crippen LogP contribution in [-0.4, -0.2) is 68.6 Å². The number of amides is 2. The van der Waals surface area contributed by atoms with E-state index < -0.39 is 45.8 Å². The number of fused-ring (bicyclic) bond motifs is 1. The molecule has 0 bridgehead atoms. The molecule has 5 rings (SSSR count). The van der Waals surface area contributed by atoms with Crippen LogP contribution in [0.5, 0.6) is 5.75 Å². The summed E-state index contributed by atoms with van der Waals surface area (Å²) in [7, 11) is -4.13. The van der Waals surface area contributed by atoms with Gasteiger partial charge in [0.1, 0.15) is 34.9 Å². The predicted molar refractivity (Wildman–Crippen MR) is 180 cm³/mol. The molecule has 11 nitrogen and oxygen atoms in total. The fourth-order valence-electron chi connectivity index (χ4n) is 5.27. The topological polar surface area (TPSA) is 140 Å². The molecule has 1 aliphatic heterocycles. The molecule has 4 aromatic carbocycles. The van der Waals surface area contributed by atoms with Crippen molar-refractivity contribution in [1.82, 2.24) is 15.5 Å². The average Bonchev–Trinajstić information content (AvgIpc) is 3.07. The Labute approximate surface area is 280 Å². The molecule has 1 saturated heterocycles. The number of carbonyl (C=O) groups is 3. The van der Waals surface area contributed by atoms with Gasteiger partial charge in [-0.3, -0.25) is 4.79 Å². The number of benzene rings is 4. The van der Waals surface area contributed by atoms with E-state index in [1.807, 2.05) is 54.6 Å². The van der Waals surface area contributed by atoms with Crippen molar-refractivity contribution in [3.8, 4) is 5.75 Å². The number of carbonyl (C=O) groups excluding carboxylic acids is 3. The lowest BCUT2D eigenvalue weighted by Crippen LogP contribution is -2.62. The number of piperazine rings is 1. The Morgan fingerprint density at radius 2 is 1.58 bits per heavy atom. The Morgan fingerprint density at radius 1 is 0.896 bits per heavy atom. The molecule has 12 heteroatoms. The van der Waals surface area contributed by atoms with Crippen LogP contribution in [0.25, 0.3) is 10.8 Å². The zero-order valence-electron chi connectivity index (χ0n) is 27.0. The Hall–Kier alpha value is -4.94. The normalized spacial score (nSPS) is 15.7. The summed E-state index contributed by atoms with van der Waals surface area (Å²) in [6.45, 7) is 6.12. The van der Waals surface area contributed by atoms with E-state index in [0.717, 1.165) is 16.3 Å². The van der Waals surface area contributed by atoms with Crippen LogP contribution in [-0.2, 0) is 42.2 Å². The average molecular weight is 674 g/mol. The number of hydrogen-bond acceptors (Lipinski definition) is 9. The lowest BCUT2D eigenvalue weighted by molar-refractivity contribution is -0.166. The molecule has 0 aromatic heterocycles. The van der Waals surface area contributed by atoms with Crippen LogP contribution >= 0.6 is 0 Å². The molecular formula is C36H39N3O8S. The maximum atomic E-state index is 14.0. The molecule has 0 spiro atoms. The summed E-state index contributed by atoms with van der Waals surface area (Å²) in [6, 6.07) is 25.5. The highest BCUT2D eigenvalue weighted by Crippen LogP contribution is 2.24.